The molecule has 0 saturated carbocycles. The van der Waals surface area contributed by atoms with Crippen LogP contribution >= 0.6 is 15.9 Å². The van der Waals surface area contributed by atoms with Crippen LogP contribution in [-0.4, -0.2) is 15.0 Å². The second kappa shape index (κ2) is 7.95. The second-order valence-corrected chi connectivity index (χ2v) is 7.55. The highest BCUT2D eigenvalue weighted by Gasteiger charge is 2.21. The molecule has 0 spiro atoms. The first-order valence-corrected chi connectivity index (χ1v) is 9.22. The fourth-order valence-electron chi connectivity index (χ4n) is 1.93. The van der Waals surface area contributed by atoms with Gasteiger partial charge in [-0.1, -0.05) is 46.8 Å². The summed E-state index contributed by atoms with van der Waals surface area (Å²) < 4.78 is 31.5. The monoisotopic (exact) mass is 403 g/mol. The molecule has 6 heteroatoms. The molecule has 4 nitrogen and oxygen atoms in total. The molecular formula is C18H14BrNO3S. The fraction of sp³-hybridized carbons (Fsp3) is 0.0556. The molecule has 0 unspecified atom stereocenters. The zero-order valence-electron chi connectivity index (χ0n) is 12.6. The number of hydrogen-bond donors (Lipinski definition) is 0. The Morgan fingerprint density at radius 2 is 1.88 bits per heavy atom. The summed E-state index contributed by atoms with van der Waals surface area (Å²) >= 11 is 3.25. The summed E-state index contributed by atoms with van der Waals surface area (Å²) in [5, 5.41) is 9.34. The Morgan fingerprint density at radius 3 is 2.50 bits per heavy atom. The normalized spacial score (nSPS) is 11.6. The Labute approximate surface area is 149 Å². The number of sulfone groups is 1. The van der Waals surface area contributed by atoms with E-state index in [1.165, 1.54) is 18.2 Å². The Kier molecular flexibility index (Phi) is 5.96. The number of ether oxygens (including phenoxy) is 1. The van der Waals surface area contributed by atoms with E-state index < -0.39 is 9.84 Å². The van der Waals surface area contributed by atoms with E-state index in [9.17, 15) is 13.7 Å². The fourth-order valence-corrected chi connectivity index (χ4v) is 3.35. The van der Waals surface area contributed by atoms with Crippen LogP contribution in [0.25, 0.3) is 6.08 Å². The van der Waals surface area contributed by atoms with Gasteiger partial charge in [0.1, 0.15) is 23.3 Å². The number of nitrogens with zero attached hydrogens (tertiary/aromatic N) is 1. The van der Waals surface area contributed by atoms with Gasteiger partial charge < -0.3 is 4.74 Å². The minimum absolute atomic E-state index is 0.0583. The summed E-state index contributed by atoms with van der Waals surface area (Å²) in [4.78, 5) is -0.289. The van der Waals surface area contributed by atoms with Crippen molar-refractivity contribution in [3.05, 3.63) is 76.1 Å². The number of halogens is 1. The van der Waals surface area contributed by atoms with E-state index in [0.29, 0.717) is 11.3 Å². The van der Waals surface area contributed by atoms with E-state index >= 15 is 0 Å². The van der Waals surface area contributed by atoms with Crippen molar-refractivity contribution in [1.29, 1.82) is 5.26 Å². The molecule has 122 valence electrons. The van der Waals surface area contributed by atoms with Gasteiger partial charge in [-0.05, 0) is 36.4 Å². The van der Waals surface area contributed by atoms with Gasteiger partial charge in [0.2, 0.25) is 9.84 Å². The summed E-state index contributed by atoms with van der Waals surface area (Å²) in [7, 11) is -3.90. The van der Waals surface area contributed by atoms with Crippen molar-refractivity contribution in [2.75, 3.05) is 6.61 Å². The zero-order valence-corrected chi connectivity index (χ0v) is 15.0. The molecule has 0 atom stereocenters. The predicted molar refractivity (Wildman–Crippen MR) is 97.1 cm³/mol. The van der Waals surface area contributed by atoms with Gasteiger partial charge in [-0.2, -0.15) is 5.26 Å². The minimum Gasteiger partial charge on any atom is -0.489 e. The molecule has 0 aliphatic rings. The van der Waals surface area contributed by atoms with Crippen LogP contribution in [0.3, 0.4) is 0 Å². The molecule has 0 heterocycles. The van der Waals surface area contributed by atoms with Crippen LogP contribution in [0, 0.1) is 11.3 Å². The number of hydrogen-bond acceptors (Lipinski definition) is 4. The summed E-state index contributed by atoms with van der Waals surface area (Å²) in [6.45, 7) is 3.86. The first kappa shape index (κ1) is 18.0. The summed E-state index contributed by atoms with van der Waals surface area (Å²) in [6, 6.07) is 14.8. The van der Waals surface area contributed by atoms with E-state index in [4.69, 9.17) is 4.74 Å². The highest BCUT2D eigenvalue weighted by Crippen LogP contribution is 2.26. The molecule has 0 bridgehead atoms. The average molecular weight is 404 g/mol. The Bertz CT molecular complexity index is 910. The number of para-hydroxylation sites is 1. The van der Waals surface area contributed by atoms with Crippen LogP contribution in [0.2, 0.25) is 0 Å². The first-order valence-electron chi connectivity index (χ1n) is 6.94. The number of benzene rings is 2. The smallest absolute Gasteiger partial charge is 0.216 e. The Hall–Kier alpha value is -2.36. The third-order valence-electron chi connectivity index (χ3n) is 3.09. The molecule has 0 aliphatic carbocycles. The molecule has 2 aromatic carbocycles. The number of nitriles is 1. The lowest BCUT2D eigenvalue weighted by Crippen LogP contribution is -2.04. The molecule has 0 N–H and O–H groups in total. The largest absolute Gasteiger partial charge is 0.489 e. The van der Waals surface area contributed by atoms with E-state index in [2.05, 4.69) is 22.5 Å². The SMILES string of the molecule is C=CCOc1ccccc1/C=C(\C#N)S(=O)(=O)c1ccc(Br)cc1. The van der Waals surface area contributed by atoms with Crippen molar-refractivity contribution in [3.63, 3.8) is 0 Å². The summed E-state index contributed by atoms with van der Waals surface area (Å²) in [5.74, 6) is 0.483. The lowest BCUT2D eigenvalue weighted by atomic mass is 10.2. The van der Waals surface area contributed by atoms with Crippen molar-refractivity contribution in [1.82, 2.24) is 0 Å². The van der Waals surface area contributed by atoms with Gasteiger partial charge in [0, 0.05) is 10.0 Å². The quantitative estimate of drug-likeness (QED) is 0.530. The second-order valence-electron chi connectivity index (χ2n) is 4.72. The van der Waals surface area contributed by atoms with Gasteiger partial charge in [-0.15, -0.1) is 0 Å². The van der Waals surface area contributed by atoms with Gasteiger partial charge >= 0.3 is 0 Å². The van der Waals surface area contributed by atoms with Crippen LogP contribution in [0.5, 0.6) is 5.75 Å². The zero-order chi connectivity index (χ0) is 17.6. The van der Waals surface area contributed by atoms with Crippen LogP contribution in [-0.2, 0) is 9.84 Å². The van der Waals surface area contributed by atoms with Crippen molar-refractivity contribution in [2.45, 2.75) is 4.90 Å². The first-order chi connectivity index (χ1) is 11.5. The molecule has 0 amide bonds. The lowest BCUT2D eigenvalue weighted by molar-refractivity contribution is 0.362. The van der Waals surface area contributed by atoms with E-state index in [1.807, 2.05) is 0 Å². The molecule has 0 aromatic heterocycles. The molecule has 24 heavy (non-hydrogen) atoms. The van der Waals surface area contributed by atoms with E-state index in [-0.39, 0.29) is 16.4 Å². The van der Waals surface area contributed by atoms with Crippen molar-refractivity contribution in [2.24, 2.45) is 0 Å². The van der Waals surface area contributed by atoms with E-state index in [1.54, 1.807) is 48.5 Å². The van der Waals surface area contributed by atoms with Crippen molar-refractivity contribution >= 4 is 31.8 Å². The Morgan fingerprint density at radius 1 is 1.21 bits per heavy atom. The topological polar surface area (TPSA) is 67.2 Å². The van der Waals surface area contributed by atoms with Gasteiger partial charge in [-0.25, -0.2) is 8.42 Å². The third-order valence-corrected chi connectivity index (χ3v) is 5.30. The molecule has 0 radical (unpaired) electrons. The molecule has 0 saturated heterocycles. The molecule has 0 aliphatic heterocycles. The van der Waals surface area contributed by atoms with E-state index in [0.717, 1.165) is 4.47 Å². The number of allylic oxidation sites excluding steroid dienone is 1. The van der Waals surface area contributed by atoms with Crippen LogP contribution in [0.1, 0.15) is 5.56 Å². The van der Waals surface area contributed by atoms with Gasteiger partial charge in [0.15, 0.2) is 0 Å². The van der Waals surface area contributed by atoms with Crippen LogP contribution in [0.15, 0.2) is 75.5 Å². The summed E-state index contributed by atoms with van der Waals surface area (Å²) in [5.41, 5.74) is 0.511. The molecule has 0 fully saturated rings. The van der Waals surface area contributed by atoms with Crippen molar-refractivity contribution in [3.8, 4) is 11.8 Å². The third kappa shape index (κ3) is 4.13. The predicted octanol–water partition coefficient (Wildman–Crippen LogP) is 4.35. The maximum atomic E-state index is 12.6. The molecular weight excluding hydrogens is 390 g/mol. The average Bonchev–Trinajstić information content (AvgIpc) is 2.58. The highest BCUT2D eigenvalue weighted by molar-refractivity contribution is 9.10. The Balaban J connectivity index is 2.48. The van der Waals surface area contributed by atoms with Gasteiger partial charge in [-0.3, -0.25) is 0 Å². The number of rotatable bonds is 6. The van der Waals surface area contributed by atoms with Crippen molar-refractivity contribution < 1.29 is 13.2 Å². The van der Waals surface area contributed by atoms with Crippen LogP contribution < -0.4 is 4.74 Å². The van der Waals surface area contributed by atoms with Crippen LogP contribution in [0.4, 0.5) is 0 Å². The summed E-state index contributed by atoms with van der Waals surface area (Å²) in [6.07, 6.45) is 2.90. The van der Waals surface area contributed by atoms with Gasteiger partial charge in [0.25, 0.3) is 0 Å². The lowest BCUT2D eigenvalue weighted by Gasteiger charge is -2.08. The van der Waals surface area contributed by atoms with Gasteiger partial charge in [0.05, 0.1) is 4.90 Å². The maximum Gasteiger partial charge on any atom is 0.216 e. The standard InChI is InChI=1S/C18H14BrNO3S/c1-2-11-23-18-6-4-3-5-14(18)12-17(13-20)24(21,22)16-9-7-15(19)8-10-16/h2-10,12H,1,11H2/b17-12+. The highest BCUT2D eigenvalue weighted by atomic mass is 79.9. The molecule has 2 aromatic rings. The molecule has 2 rings (SSSR count). The minimum atomic E-state index is -3.90. The maximum absolute atomic E-state index is 12.6.